The van der Waals surface area contributed by atoms with E-state index in [1.165, 1.54) is 0 Å². The highest BCUT2D eigenvalue weighted by Crippen LogP contribution is 2.33. The van der Waals surface area contributed by atoms with Crippen LogP contribution in [-0.2, 0) is 4.79 Å². The van der Waals surface area contributed by atoms with Crippen molar-refractivity contribution in [2.45, 2.75) is 25.3 Å². The zero-order chi connectivity index (χ0) is 7.84. The minimum absolute atomic E-state index is 0.0999. The van der Waals surface area contributed by atoms with Crippen LogP contribution in [0.4, 0.5) is 0 Å². The Morgan fingerprint density at radius 1 is 1.45 bits per heavy atom. The van der Waals surface area contributed by atoms with Crippen LogP contribution >= 0.6 is 0 Å². The maximum atomic E-state index is 10.9. The Labute approximate surface area is 66.3 Å². The van der Waals surface area contributed by atoms with Crippen molar-refractivity contribution in [3.8, 4) is 0 Å². The molecule has 0 aromatic carbocycles. The third kappa shape index (κ3) is 1.13. The summed E-state index contributed by atoms with van der Waals surface area (Å²) in [5.41, 5.74) is 5.28. The fraction of sp³-hybridized carbons (Fsp3) is 0.875. The van der Waals surface area contributed by atoms with Crippen LogP contribution < -0.4 is 11.1 Å². The number of carbonyl (C=O) groups is 1. The van der Waals surface area contributed by atoms with Crippen LogP contribution in [0.3, 0.4) is 0 Å². The minimum atomic E-state index is -0.0999. The van der Waals surface area contributed by atoms with Gasteiger partial charge in [-0.1, -0.05) is 0 Å². The van der Waals surface area contributed by atoms with Crippen LogP contribution in [0.25, 0.3) is 0 Å². The Hall–Kier alpha value is -0.570. The quantitative estimate of drug-likeness (QED) is 0.552. The highest BCUT2D eigenvalue weighted by Gasteiger charge is 2.37. The first-order valence-electron chi connectivity index (χ1n) is 4.30. The molecule has 3 heteroatoms. The number of nitrogens with one attached hydrogen (secondary N) is 1. The maximum absolute atomic E-state index is 10.9. The number of hydrogen-bond acceptors (Lipinski definition) is 2. The zero-order valence-corrected chi connectivity index (χ0v) is 6.55. The summed E-state index contributed by atoms with van der Waals surface area (Å²) in [6.07, 6.45) is 3.29. The number of nitrogens with two attached hydrogens (primary N) is 1. The molecule has 2 bridgehead atoms. The third-order valence-corrected chi connectivity index (χ3v) is 3.02. The summed E-state index contributed by atoms with van der Waals surface area (Å²) in [6, 6.07) is 0.676. The molecule has 1 saturated heterocycles. The van der Waals surface area contributed by atoms with Crippen molar-refractivity contribution in [2.24, 2.45) is 17.6 Å². The topological polar surface area (TPSA) is 55.1 Å². The molecule has 3 nitrogen and oxygen atoms in total. The van der Waals surface area contributed by atoms with E-state index < -0.39 is 0 Å². The Balaban J connectivity index is 2.07. The summed E-state index contributed by atoms with van der Waals surface area (Å²) >= 11 is 0. The normalized spacial score (nSPS) is 42.4. The predicted octanol–water partition coefficient (Wildman–Crippen LogP) is -0.140. The van der Waals surface area contributed by atoms with Crippen LogP contribution in [0.1, 0.15) is 19.3 Å². The van der Waals surface area contributed by atoms with E-state index in [4.69, 9.17) is 5.73 Å². The molecule has 1 saturated carbocycles. The summed E-state index contributed by atoms with van der Waals surface area (Å²) in [5.74, 6) is 0.588. The molecule has 62 valence electrons. The van der Waals surface area contributed by atoms with Gasteiger partial charge in [0, 0.05) is 12.0 Å². The lowest BCUT2D eigenvalue weighted by atomic mass is 9.80. The number of hydrogen-bond donors (Lipinski definition) is 2. The van der Waals surface area contributed by atoms with Gasteiger partial charge >= 0.3 is 0 Å². The van der Waals surface area contributed by atoms with Crippen LogP contribution in [0, 0.1) is 11.8 Å². The lowest BCUT2D eigenvalue weighted by Crippen LogP contribution is -2.33. The molecule has 2 rings (SSSR count). The molecule has 11 heavy (non-hydrogen) atoms. The first kappa shape index (κ1) is 7.10. The van der Waals surface area contributed by atoms with Crippen LogP contribution in [-0.4, -0.2) is 18.5 Å². The van der Waals surface area contributed by atoms with Crippen LogP contribution in [0.15, 0.2) is 0 Å². The van der Waals surface area contributed by atoms with Crippen molar-refractivity contribution < 1.29 is 4.79 Å². The largest absolute Gasteiger partial charge is 0.369 e. The van der Waals surface area contributed by atoms with E-state index in [1.54, 1.807) is 0 Å². The number of rotatable bonds is 1. The van der Waals surface area contributed by atoms with Gasteiger partial charge in [-0.25, -0.2) is 0 Å². The highest BCUT2D eigenvalue weighted by molar-refractivity contribution is 5.77. The number of amides is 1. The second kappa shape index (κ2) is 2.48. The number of carbonyl (C=O) groups excluding carboxylic acids is 1. The van der Waals surface area contributed by atoms with E-state index in [2.05, 4.69) is 5.32 Å². The molecule has 1 heterocycles. The minimum Gasteiger partial charge on any atom is -0.369 e. The molecule has 0 aromatic rings. The van der Waals surface area contributed by atoms with E-state index in [9.17, 15) is 4.79 Å². The summed E-state index contributed by atoms with van der Waals surface area (Å²) in [5, 5.41) is 3.40. The van der Waals surface area contributed by atoms with Crippen molar-refractivity contribution in [1.29, 1.82) is 0 Å². The fourth-order valence-electron chi connectivity index (χ4n) is 2.37. The summed E-state index contributed by atoms with van der Waals surface area (Å²) in [4.78, 5) is 10.9. The van der Waals surface area contributed by atoms with Crippen LogP contribution in [0.5, 0.6) is 0 Å². The van der Waals surface area contributed by atoms with Gasteiger partial charge in [-0.3, -0.25) is 4.79 Å². The zero-order valence-electron chi connectivity index (χ0n) is 6.55. The van der Waals surface area contributed by atoms with Crippen molar-refractivity contribution in [3.05, 3.63) is 0 Å². The van der Waals surface area contributed by atoms with Crippen molar-refractivity contribution in [1.82, 2.24) is 5.32 Å². The molecule has 3 atom stereocenters. The molecular weight excluding hydrogens is 140 g/mol. The predicted molar refractivity (Wildman–Crippen MR) is 41.8 cm³/mol. The molecule has 1 aliphatic heterocycles. The maximum Gasteiger partial charge on any atom is 0.220 e. The molecule has 0 aromatic heterocycles. The second-order valence-electron chi connectivity index (χ2n) is 3.69. The summed E-state index contributed by atoms with van der Waals surface area (Å²) < 4.78 is 0. The first-order chi connectivity index (χ1) is 5.27. The van der Waals surface area contributed by atoms with E-state index in [1.807, 2.05) is 0 Å². The Morgan fingerprint density at radius 3 is 3.00 bits per heavy atom. The molecule has 3 unspecified atom stereocenters. The van der Waals surface area contributed by atoms with Gasteiger partial charge in [0.1, 0.15) is 0 Å². The number of primary amides is 1. The Bertz CT molecular complexity index is 181. The average molecular weight is 154 g/mol. The standard InChI is InChI=1S/C8H14N2O/c9-8(11)7-2-1-6-3-5(7)4-10-6/h5-7,10H,1-4H2,(H2,9,11). The van der Waals surface area contributed by atoms with Crippen LogP contribution in [0.2, 0.25) is 0 Å². The van der Waals surface area contributed by atoms with Gasteiger partial charge in [-0.2, -0.15) is 0 Å². The van der Waals surface area contributed by atoms with Gasteiger partial charge in [0.2, 0.25) is 5.91 Å². The van der Waals surface area contributed by atoms with Gasteiger partial charge in [0.05, 0.1) is 0 Å². The van der Waals surface area contributed by atoms with E-state index >= 15 is 0 Å². The van der Waals surface area contributed by atoms with E-state index in [0.717, 1.165) is 25.8 Å². The molecule has 2 aliphatic rings. The first-order valence-corrected chi connectivity index (χ1v) is 4.30. The summed E-state index contributed by atoms with van der Waals surface area (Å²) in [7, 11) is 0. The smallest absolute Gasteiger partial charge is 0.220 e. The molecule has 0 spiro atoms. The SMILES string of the molecule is NC(=O)C1CCC2CC1CN2. The average Bonchev–Trinajstić information content (AvgIpc) is 2.32. The highest BCUT2D eigenvalue weighted by atomic mass is 16.1. The fourth-order valence-corrected chi connectivity index (χ4v) is 2.37. The van der Waals surface area contributed by atoms with Gasteiger partial charge in [0.15, 0.2) is 0 Å². The Morgan fingerprint density at radius 2 is 2.27 bits per heavy atom. The van der Waals surface area contributed by atoms with Crippen molar-refractivity contribution in [2.75, 3.05) is 6.54 Å². The molecular formula is C8H14N2O. The monoisotopic (exact) mass is 154 g/mol. The van der Waals surface area contributed by atoms with E-state index in [0.29, 0.717) is 12.0 Å². The molecule has 1 aliphatic carbocycles. The second-order valence-corrected chi connectivity index (χ2v) is 3.69. The lowest BCUT2D eigenvalue weighted by molar-refractivity contribution is -0.123. The van der Waals surface area contributed by atoms with Crippen molar-refractivity contribution >= 4 is 5.91 Å². The van der Waals surface area contributed by atoms with Crippen molar-refractivity contribution in [3.63, 3.8) is 0 Å². The van der Waals surface area contributed by atoms with Gasteiger partial charge < -0.3 is 11.1 Å². The van der Waals surface area contributed by atoms with Gasteiger partial charge in [-0.05, 0) is 31.7 Å². The molecule has 0 radical (unpaired) electrons. The lowest BCUT2D eigenvalue weighted by Gasteiger charge is -2.24. The molecule has 1 amide bonds. The van der Waals surface area contributed by atoms with Gasteiger partial charge in [-0.15, -0.1) is 0 Å². The Kier molecular flexibility index (Phi) is 1.60. The molecule has 3 N–H and O–H groups in total. The number of fused-ring (bicyclic) bond motifs is 2. The summed E-state index contributed by atoms with van der Waals surface area (Å²) in [6.45, 7) is 0.998. The van der Waals surface area contributed by atoms with Gasteiger partial charge in [0.25, 0.3) is 0 Å². The molecule has 2 fully saturated rings. The van der Waals surface area contributed by atoms with E-state index in [-0.39, 0.29) is 11.8 Å². The third-order valence-electron chi connectivity index (χ3n) is 3.02.